The molecule has 0 saturated carbocycles. The van der Waals surface area contributed by atoms with Gasteiger partial charge in [-0.15, -0.1) is 0 Å². The highest BCUT2D eigenvalue weighted by atomic mass is 35.5. The Morgan fingerprint density at radius 1 is 1.17 bits per heavy atom. The first-order valence-electron chi connectivity index (χ1n) is 2.70. The zero-order valence-corrected chi connectivity index (χ0v) is 6.09. The molecule has 12 heavy (non-hydrogen) atoms. The number of halogens is 6. The lowest BCUT2D eigenvalue weighted by molar-refractivity contribution is -0.295. The standard InChI is InChI=1S/C5H2ClF5O/c6-3(5(9,10)11)1-2-4(7,8)12-3/h1-2H/t3-/m1/s1. The van der Waals surface area contributed by atoms with Crippen LogP contribution in [0.15, 0.2) is 12.2 Å². The summed E-state index contributed by atoms with van der Waals surface area (Å²) in [7, 11) is 0. The molecule has 0 aromatic rings. The molecule has 70 valence electrons. The summed E-state index contributed by atoms with van der Waals surface area (Å²) < 4.78 is 63.0. The summed E-state index contributed by atoms with van der Waals surface area (Å²) in [6.45, 7) is 0. The molecule has 1 heterocycles. The fraction of sp³-hybridized carbons (Fsp3) is 0.600. The first-order chi connectivity index (χ1) is 5.16. The number of hydrogen-bond acceptors (Lipinski definition) is 1. The van der Waals surface area contributed by atoms with E-state index in [9.17, 15) is 22.0 Å². The van der Waals surface area contributed by atoms with Gasteiger partial charge in [-0.05, 0) is 6.08 Å². The van der Waals surface area contributed by atoms with E-state index >= 15 is 0 Å². The van der Waals surface area contributed by atoms with Crippen LogP contribution in [0.3, 0.4) is 0 Å². The van der Waals surface area contributed by atoms with Crippen LogP contribution in [-0.4, -0.2) is 17.3 Å². The third kappa shape index (κ3) is 1.54. The second-order valence-electron chi connectivity index (χ2n) is 2.14. The first kappa shape index (κ1) is 9.73. The van der Waals surface area contributed by atoms with E-state index in [0.29, 0.717) is 0 Å². The second kappa shape index (κ2) is 2.32. The largest absolute Gasteiger partial charge is 0.435 e. The van der Waals surface area contributed by atoms with Crippen molar-refractivity contribution in [3.8, 4) is 0 Å². The van der Waals surface area contributed by atoms with Crippen molar-refractivity contribution >= 4 is 11.6 Å². The molecular formula is C5H2ClF5O. The summed E-state index contributed by atoms with van der Waals surface area (Å²) in [5, 5.41) is -3.39. The Labute approximate surface area is 68.7 Å². The predicted molar refractivity (Wildman–Crippen MR) is 29.8 cm³/mol. The smallest absolute Gasteiger partial charge is 0.281 e. The van der Waals surface area contributed by atoms with Gasteiger partial charge in [0.1, 0.15) is 0 Å². The van der Waals surface area contributed by atoms with Crippen LogP contribution in [0.1, 0.15) is 0 Å². The normalized spacial score (nSPS) is 34.2. The Kier molecular flexibility index (Phi) is 1.88. The van der Waals surface area contributed by atoms with Crippen molar-refractivity contribution < 1.29 is 26.7 Å². The maximum Gasteiger partial charge on any atom is 0.435 e. The number of hydrogen-bond donors (Lipinski definition) is 0. The van der Waals surface area contributed by atoms with Crippen molar-refractivity contribution in [2.24, 2.45) is 0 Å². The third-order valence-corrected chi connectivity index (χ3v) is 1.58. The molecule has 1 nitrogen and oxygen atoms in total. The van der Waals surface area contributed by atoms with E-state index in [0.717, 1.165) is 0 Å². The van der Waals surface area contributed by atoms with Gasteiger partial charge in [0.25, 0.3) is 5.06 Å². The van der Waals surface area contributed by atoms with Crippen molar-refractivity contribution in [2.45, 2.75) is 17.3 Å². The molecule has 0 N–H and O–H groups in total. The van der Waals surface area contributed by atoms with Crippen LogP contribution in [0.2, 0.25) is 0 Å². The molecule has 0 amide bonds. The van der Waals surface area contributed by atoms with Gasteiger partial charge in [0, 0.05) is 6.08 Å². The minimum absolute atomic E-state index is 0.0342. The van der Waals surface area contributed by atoms with Crippen molar-refractivity contribution in [3.63, 3.8) is 0 Å². The van der Waals surface area contributed by atoms with Gasteiger partial charge < -0.3 is 0 Å². The van der Waals surface area contributed by atoms with E-state index in [-0.39, 0.29) is 12.2 Å². The summed E-state index contributed by atoms with van der Waals surface area (Å²) in [6, 6.07) is 0. The molecule has 0 unspecified atom stereocenters. The van der Waals surface area contributed by atoms with Crippen LogP contribution in [0, 0.1) is 0 Å². The summed E-state index contributed by atoms with van der Waals surface area (Å²) in [4.78, 5) is 0. The maximum atomic E-state index is 12.1. The van der Waals surface area contributed by atoms with Gasteiger partial charge in [-0.3, -0.25) is 4.74 Å². The monoisotopic (exact) mass is 208 g/mol. The van der Waals surface area contributed by atoms with Gasteiger partial charge >= 0.3 is 12.3 Å². The SMILES string of the molecule is FC1(F)C=C[C@](Cl)(C(F)(F)F)O1. The van der Waals surface area contributed by atoms with Gasteiger partial charge in [0.2, 0.25) is 0 Å². The van der Waals surface area contributed by atoms with E-state index in [1.807, 2.05) is 0 Å². The fourth-order valence-electron chi connectivity index (χ4n) is 0.623. The van der Waals surface area contributed by atoms with Gasteiger partial charge in [0.15, 0.2) is 0 Å². The minimum Gasteiger partial charge on any atom is -0.281 e. The van der Waals surface area contributed by atoms with E-state index in [1.165, 1.54) is 0 Å². The van der Waals surface area contributed by atoms with Crippen LogP contribution in [0.4, 0.5) is 22.0 Å². The van der Waals surface area contributed by atoms with Crippen LogP contribution < -0.4 is 0 Å². The van der Waals surface area contributed by atoms with Crippen LogP contribution in [0.25, 0.3) is 0 Å². The van der Waals surface area contributed by atoms with Crippen LogP contribution in [-0.2, 0) is 4.74 Å². The molecule has 0 aromatic carbocycles. The van der Waals surface area contributed by atoms with Gasteiger partial charge in [-0.2, -0.15) is 22.0 Å². The third-order valence-electron chi connectivity index (χ3n) is 1.16. The maximum absolute atomic E-state index is 12.1. The average molecular weight is 209 g/mol. The lowest BCUT2D eigenvalue weighted by Crippen LogP contribution is -2.40. The molecule has 0 aliphatic carbocycles. The molecule has 1 rings (SSSR count). The zero-order chi connectivity index (χ0) is 9.62. The molecule has 1 atom stereocenters. The molecule has 0 fully saturated rings. The van der Waals surface area contributed by atoms with E-state index in [1.54, 1.807) is 0 Å². The number of ether oxygens (including phenoxy) is 1. The van der Waals surface area contributed by atoms with Crippen LogP contribution in [0.5, 0.6) is 0 Å². The second-order valence-corrected chi connectivity index (χ2v) is 2.70. The Morgan fingerprint density at radius 3 is 1.83 bits per heavy atom. The van der Waals surface area contributed by atoms with Gasteiger partial charge in [0.05, 0.1) is 0 Å². The zero-order valence-electron chi connectivity index (χ0n) is 5.33. The van der Waals surface area contributed by atoms with Gasteiger partial charge in [-0.1, -0.05) is 11.6 Å². The molecule has 0 saturated heterocycles. The molecule has 7 heteroatoms. The topological polar surface area (TPSA) is 9.23 Å². The molecule has 0 bridgehead atoms. The summed E-state index contributed by atoms with van der Waals surface area (Å²) in [5.74, 6) is 0. The highest BCUT2D eigenvalue weighted by Gasteiger charge is 2.61. The van der Waals surface area contributed by atoms with Crippen molar-refractivity contribution in [1.82, 2.24) is 0 Å². The van der Waals surface area contributed by atoms with E-state index in [2.05, 4.69) is 4.74 Å². The molecule has 1 aliphatic heterocycles. The van der Waals surface area contributed by atoms with E-state index < -0.39 is 17.3 Å². The Balaban J connectivity index is 2.88. The first-order valence-corrected chi connectivity index (χ1v) is 3.08. The molecule has 0 aromatic heterocycles. The Hall–Kier alpha value is -0.360. The van der Waals surface area contributed by atoms with Crippen molar-refractivity contribution in [1.29, 1.82) is 0 Å². The molecule has 0 radical (unpaired) electrons. The number of rotatable bonds is 0. The van der Waals surface area contributed by atoms with E-state index in [4.69, 9.17) is 11.6 Å². The lowest BCUT2D eigenvalue weighted by Gasteiger charge is -2.23. The van der Waals surface area contributed by atoms with Crippen molar-refractivity contribution in [2.75, 3.05) is 0 Å². The summed E-state index contributed by atoms with van der Waals surface area (Å²) in [6.07, 6.45) is -8.95. The van der Waals surface area contributed by atoms with Crippen LogP contribution >= 0.6 is 11.6 Å². The highest BCUT2D eigenvalue weighted by Crippen LogP contribution is 2.46. The quantitative estimate of drug-likeness (QED) is 0.338. The Bertz CT molecular complexity index is 222. The Morgan fingerprint density at radius 2 is 1.67 bits per heavy atom. The van der Waals surface area contributed by atoms with Crippen molar-refractivity contribution in [3.05, 3.63) is 12.2 Å². The number of alkyl halides is 6. The average Bonchev–Trinajstić information content (AvgIpc) is 2.05. The summed E-state index contributed by atoms with van der Waals surface area (Å²) in [5.41, 5.74) is 0. The molecule has 1 aliphatic rings. The highest BCUT2D eigenvalue weighted by molar-refractivity contribution is 6.25. The minimum atomic E-state index is -5.05. The van der Waals surface area contributed by atoms with Gasteiger partial charge in [-0.25, -0.2) is 0 Å². The molecule has 0 spiro atoms. The summed E-state index contributed by atoms with van der Waals surface area (Å²) >= 11 is 4.72. The fourth-order valence-corrected chi connectivity index (χ4v) is 0.788. The lowest BCUT2D eigenvalue weighted by atomic mass is 10.3. The molecular weight excluding hydrogens is 206 g/mol. The predicted octanol–water partition coefficient (Wildman–Crippen LogP) is 2.66.